The van der Waals surface area contributed by atoms with E-state index in [2.05, 4.69) is 19.2 Å². The Morgan fingerprint density at radius 2 is 1.59 bits per heavy atom. The van der Waals surface area contributed by atoms with Gasteiger partial charge in [0.05, 0.1) is 12.5 Å². The van der Waals surface area contributed by atoms with Crippen molar-refractivity contribution >= 4 is 17.8 Å². The quantitative estimate of drug-likeness (QED) is 0.397. The Bertz CT molecular complexity index is 1240. The first-order valence-corrected chi connectivity index (χ1v) is 15.6. The smallest absolute Gasteiger partial charge is 0.305 e. The zero-order chi connectivity index (χ0) is 28.8. The fraction of sp³-hybridized carbons (Fsp3) is 0.571. The molecule has 6 rings (SSSR count). The van der Waals surface area contributed by atoms with Crippen LogP contribution in [0.2, 0.25) is 0 Å². The summed E-state index contributed by atoms with van der Waals surface area (Å²) < 4.78 is 0. The topological polar surface area (TPSA) is 86.7 Å². The number of carbonyl (C=O) groups is 3. The molecule has 2 aromatic carbocycles. The number of hydrogen-bond acceptors (Lipinski definition) is 3. The van der Waals surface area contributed by atoms with E-state index in [-0.39, 0.29) is 42.3 Å². The molecule has 0 spiro atoms. The number of carboxylic acids is 1. The molecule has 4 fully saturated rings. The molecule has 6 nitrogen and oxygen atoms in total. The number of hydrogen-bond donors (Lipinski definition) is 2. The molecule has 0 aromatic heterocycles. The predicted octanol–water partition coefficient (Wildman–Crippen LogP) is 6.22. The number of amides is 2. The number of likely N-dealkylation sites (tertiary alicyclic amines) is 1. The highest BCUT2D eigenvalue weighted by molar-refractivity contribution is 6.01. The van der Waals surface area contributed by atoms with Crippen LogP contribution in [0.1, 0.15) is 88.8 Å². The van der Waals surface area contributed by atoms with E-state index in [1.165, 1.54) is 25.7 Å². The Balaban J connectivity index is 1.32. The van der Waals surface area contributed by atoms with E-state index in [0.29, 0.717) is 23.7 Å². The van der Waals surface area contributed by atoms with Gasteiger partial charge >= 0.3 is 5.97 Å². The highest BCUT2D eigenvalue weighted by atomic mass is 16.4. The average Bonchev–Trinajstić information content (AvgIpc) is 3.38. The van der Waals surface area contributed by atoms with Gasteiger partial charge in [-0.2, -0.15) is 0 Å². The first-order valence-electron chi connectivity index (χ1n) is 15.6. The van der Waals surface area contributed by atoms with Crippen molar-refractivity contribution < 1.29 is 19.5 Å². The van der Waals surface area contributed by atoms with Gasteiger partial charge in [-0.1, -0.05) is 80.9 Å². The summed E-state index contributed by atoms with van der Waals surface area (Å²) >= 11 is 0. The summed E-state index contributed by atoms with van der Waals surface area (Å²) in [5.41, 5.74) is 2.14. The fourth-order valence-electron chi connectivity index (χ4n) is 9.69. The van der Waals surface area contributed by atoms with Crippen molar-refractivity contribution in [1.82, 2.24) is 10.2 Å². The van der Waals surface area contributed by atoms with E-state index in [9.17, 15) is 19.5 Å². The summed E-state index contributed by atoms with van der Waals surface area (Å²) in [6, 6.07) is 19.4. The maximum absolute atomic E-state index is 14.2. The molecule has 6 heteroatoms. The Kier molecular flexibility index (Phi) is 7.46. The number of carbonyl (C=O) groups excluding carboxylic acids is 2. The third-order valence-corrected chi connectivity index (χ3v) is 11.6. The van der Waals surface area contributed by atoms with Gasteiger partial charge < -0.3 is 15.3 Å². The van der Waals surface area contributed by atoms with Gasteiger partial charge in [0.2, 0.25) is 11.8 Å². The number of carboxylic acid groups (broad SMARTS) is 1. The molecule has 3 aliphatic carbocycles. The summed E-state index contributed by atoms with van der Waals surface area (Å²) in [4.78, 5) is 41.7. The standard InChI is InChI=1S/C35H44N2O4/c1-34-19-9-14-27(34)25-15-16-29-35(2,28(25)17-20-34)22-26(33(41)37(29)21-18-30(38)39)32(40)36-31(23-10-5-3-6-11-23)24-12-7-4-8-13-24/h3-8,10-13,25-29,31H,9,14-22H2,1-2H3,(H,36,40)(H,38,39)/t25-,26?,27-,28+,29?,34-,35+/m0/s1. The molecule has 7 atom stereocenters. The Morgan fingerprint density at radius 1 is 0.927 bits per heavy atom. The second-order valence-corrected chi connectivity index (χ2v) is 13.8. The van der Waals surface area contributed by atoms with Crippen molar-refractivity contribution in [3.63, 3.8) is 0 Å². The molecule has 1 aliphatic heterocycles. The third kappa shape index (κ3) is 4.97. The first-order chi connectivity index (χ1) is 19.7. The molecule has 1 heterocycles. The van der Waals surface area contributed by atoms with E-state index in [4.69, 9.17) is 0 Å². The molecule has 2 unspecified atom stereocenters. The third-order valence-electron chi connectivity index (χ3n) is 11.6. The average molecular weight is 557 g/mol. The lowest BCUT2D eigenvalue weighted by Gasteiger charge is -2.62. The van der Waals surface area contributed by atoms with Crippen LogP contribution in [0.25, 0.3) is 0 Å². The Labute approximate surface area is 243 Å². The molecular formula is C35H44N2O4. The van der Waals surface area contributed by atoms with Crippen molar-refractivity contribution in [3.05, 3.63) is 71.8 Å². The first kappa shape index (κ1) is 28.0. The van der Waals surface area contributed by atoms with Crippen molar-refractivity contribution in [1.29, 1.82) is 0 Å². The normalized spacial score (nSPS) is 34.5. The van der Waals surface area contributed by atoms with Gasteiger partial charge in [-0.05, 0) is 84.7 Å². The van der Waals surface area contributed by atoms with Crippen LogP contribution in [0, 0.1) is 34.5 Å². The van der Waals surface area contributed by atoms with E-state index >= 15 is 0 Å². The molecular weight excluding hydrogens is 512 g/mol. The number of fused-ring (bicyclic) bond motifs is 5. The minimum Gasteiger partial charge on any atom is -0.481 e. The lowest BCUT2D eigenvalue weighted by molar-refractivity contribution is -0.173. The largest absolute Gasteiger partial charge is 0.481 e. The number of rotatable bonds is 7. The highest BCUT2D eigenvalue weighted by Crippen LogP contribution is 2.65. The monoisotopic (exact) mass is 556 g/mol. The molecule has 2 amide bonds. The van der Waals surface area contributed by atoms with Crippen LogP contribution in [-0.4, -0.2) is 40.4 Å². The van der Waals surface area contributed by atoms with E-state index < -0.39 is 11.9 Å². The summed E-state index contributed by atoms with van der Waals surface area (Å²) in [6.45, 7) is 4.97. The molecule has 2 aromatic rings. The van der Waals surface area contributed by atoms with Crippen LogP contribution < -0.4 is 5.32 Å². The van der Waals surface area contributed by atoms with Gasteiger partial charge in [0.15, 0.2) is 0 Å². The van der Waals surface area contributed by atoms with Gasteiger partial charge in [0.25, 0.3) is 0 Å². The van der Waals surface area contributed by atoms with Gasteiger partial charge in [-0.3, -0.25) is 14.4 Å². The predicted molar refractivity (Wildman–Crippen MR) is 158 cm³/mol. The number of nitrogens with one attached hydrogen (secondary N) is 1. The minimum absolute atomic E-state index is 0.00977. The van der Waals surface area contributed by atoms with Crippen LogP contribution in [0.4, 0.5) is 0 Å². The lowest BCUT2D eigenvalue weighted by atomic mass is 9.47. The Morgan fingerprint density at radius 3 is 2.22 bits per heavy atom. The minimum atomic E-state index is -0.910. The molecule has 0 bridgehead atoms. The van der Waals surface area contributed by atoms with E-state index in [1.54, 1.807) is 4.90 Å². The summed E-state index contributed by atoms with van der Waals surface area (Å²) in [6.07, 6.45) is 8.70. The van der Waals surface area contributed by atoms with E-state index in [1.807, 2.05) is 60.7 Å². The van der Waals surface area contributed by atoms with Gasteiger partial charge in [-0.15, -0.1) is 0 Å². The van der Waals surface area contributed by atoms with Crippen molar-refractivity contribution in [2.24, 2.45) is 34.5 Å². The second-order valence-electron chi connectivity index (χ2n) is 13.8. The maximum atomic E-state index is 14.2. The molecule has 2 N–H and O–H groups in total. The van der Waals surface area contributed by atoms with Gasteiger partial charge in [0, 0.05) is 12.6 Å². The molecule has 0 radical (unpaired) electrons. The zero-order valence-electron chi connectivity index (χ0n) is 24.4. The van der Waals surface area contributed by atoms with Crippen LogP contribution in [0.5, 0.6) is 0 Å². The zero-order valence-corrected chi connectivity index (χ0v) is 24.4. The second kappa shape index (κ2) is 10.9. The van der Waals surface area contributed by atoms with Gasteiger partial charge in [-0.25, -0.2) is 0 Å². The van der Waals surface area contributed by atoms with Crippen LogP contribution in [0.3, 0.4) is 0 Å². The molecule has 1 saturated heterocycles. The molecule has 41 heavy (non-hydrogen) atoms. The number of benzene rings is 2. The van der Waals surface area contributed by atoms with Crippen LogP contribution in [-0.2, 0) is 14.4 Å². The molecule has 3 saturated carbocycles. The Hall–Kier alpha value is -3.15. The van der Waals surface area contributed by atoms with Gasteiger partial charge in [0.1, 0.15) is 5.92 Å². The van der Waals surface area contributed by atoms with Crippen molar-refractivity contribution in [3.8, 4) is 0 Å². The van der Waals surface area contributed by atoms with Crippen LogP contribution >= 0.6 is 0 Å². The maximum Gasteiger partial charge on any atom is 0.305 e. The number of nitrogens with zero attached hydrogens (tertiary/aromatic N) is 1. The van der Waals surface area contributed by atoms with E-state index in [0.717, 1.165) is 36.3 Å². The summed E-state index contributed by atoms with van der Waals surface area (Å²) in [5, 5.41) is 12.8. The van der Waals surface area contributed by atoms with Crippen LogP contribution in [0.15, 0.2) is 60.7 Å². The molecule has 4 aliphatic rings. The van der Waals surface area contributed by atoms with Crippen molar-refractivity contribution in [2.45, 2.75) is 83.7 Å². The number of piperidine rings is 1. The lowest BCUT2D eigenvalue weighted by Crippen LogP contribution is -2.65. The number of aliphatic carboxylic acids is 1. The summed E-state index contributed by atoms with van der Waals surface area (Å²) in [7, 11) is 0. The van der Waals surface area contributed by atoms with Crippen molar-refractivity contribution in [2.75, 3.05) is 6.54 Å². The summed E-state index contributed by atoms with van der Waals surface area (Å²) in [5.74, 6) is -0.397. The SMILES string of the molecule is C[C@@]12CCC[C@H]1[C@@H]1CCC3N(CCC(=O)O)C(=O)C(C(=O)NC(c4ccccc4)c4ccccc4)C[C@]3(C)[C@@H]1CC2. The molecule has 218 valence electrons. The highest BCUT2D eigenvalue weighted by Gasteiger charge is 2.61. The fourth-order valence-corrected chi connectivity index (χ4v) is 9.69.